The molecule has 5 heteroatoms. The van der Waals surface area contributed by atoms with E-state index in [1.54, 1.807) is 18.2 Å². The van der Waals surface area contributed by atoms with Gasteiger partial charge in [0.25, 0.3) is 0 Å². The fourth-order valence-electron chi connectivity index (χ4n) is 5.47. The van der Waals surface area contributed by atoms with Gasteiger partial charge in [0, 0.05) is 54.9 Å². The molecule has 0 amide bonds. The smallest absolute Gasteiger partial charge is 0.197 e. The zero-order chi connectivity index (χ0) is 40.1. The van der Waals surface area contributed by atoms with E-state index in [1.807, 2.05) is 18.2 Å². The summed E-state index contributed by atoms with van der Waals surface area (Å²) < 4.78 is 96.8. The Balaban J connectivity index is 0.000000244. The Kier molecular flexibility index (Phi) is 5.87. The molecule has 6 aromatic rings. The van der Waals surface area contributed by atoms with Gasteiger partial charge in [-0.1, -0.05) is 61.3 Å². The van der Waals surface area contributed by atoms with Gasteiger partial charge in [-0.25, -0.2) is 4.98 Å². The second kappa shape index (κ2) is 13.1. The summed E-state index contributed by atoms with van der Waals surface area (Å²) >= 11 is 0. The van der Waals surface area contributed by atoms with Crippen LogP contribution in [-0.4, -0.2) is 15.0 Å². The molecule has 44 heavy (non-hydrogen) atoms. The van der Waals surface area contributed by atoms with Crippen molar-refractivity contribution in [2.45, 2.75) is 72.9 Å². The van der Waals surface area contributed by atoms with Crippen LogP contribution in [0.25, 0.3) is 44.4 Å². The van der Waals surface area contributed by atoms with Crippen LogP contribution in [0.15, 0.2) is 77.5 Å². The number of rotatable bonds is 3. The van der Waals surface area contributed by atoms with Crippen LogP contribution in [0.5, 0.6) is 0 Å². The number of aryl methyl sites for hydroxylation is 4. The molecule has 0 aliphatic heterocycles. The van der Waals surface area contributed by atoms with Crippen LogP contribution in [0.1, 0.15) is 90.0 Å². The molecule has 1 radical (unpaired) electrons. The third kappa shape index (κ3) is 6.85. The van der Waals surface area contributed by atoms with Crippen molar-refractivity contribution in [3.8, 4) is 22.5 Å². The largest absolute Gasteiger partial charge is 0.441 e. The van der Waals surface area contributed by atoms with Crippen LogP contribution in [0, 0.1) is 45.0 Å². The molecule has 0 N–H and O–H groups in total. The second-order valence-corrected chi connectivity index (χ2v) is 11.8. The molecule has 0 spiro atoms. The number of pyridine rings is 2. The van der Waals surface area contributed by atoms with Gasteiger partial charge in [-0.3, -0.25) is 0 Å². The van der Waals surface area contributed by atoms with Gasteiger partial charge in [0.2, 0.25) is 0 Å². The van der Waals surface area contributed by atoms with Gasteiger partial charge >= 0.3 is 0 Å². The molecule has 1 saturated carbocycles. The zero-order valence-corrected chi connectivity index (χ0v) is 26.8. The molecular formula is C39H39IrN3O-2. The minimum absolute atomic E-state index is 0. The average molecular weight is 770 g/mol. The molecule has 0 atom stereocenters. The molecule has 3 heterocycles. The number of hydrogen-bond donors (Lipinski definition) is 0. The molecule has 1 aliphatic carbocycles. The van der Waals surface area contributed by atoms with Gasteiger partial charge in [-0.15, -0.1) is 59.2 Å². The van der Waals surface area contributed by atoms with Crippen molar-refractivity contribution in [2.24, 2.45) is 5.41 Å². The number of hydrogen-bond acceptors (Lipinski definition) is 4. The van der Waals surface area contributed by atoms with Crippen LogP contribution >= 0.6 is 0 Å². The molecule has 4 nitrogen and oxygen atoms in total. The Morgan fingerprint density at radius 3 is 2.34 bits per heavy atom. The van der Waals surface area contributed by atoms with Crippen LogP contribution in [0.3, 0.4) is 0 Å². The van der Waals surface area contributed by atoms with Crippen molar-refractivity contribution < 1.29 is 41.0 Å². The number of nitrogens with zero attached hydrogens (tertiary/aromatic N) is 3. The standard InChI is InChI=1S/C26H27N2O.C13H12N.Ir/c1-16-14-21(27-15-17(16)2)20-7-5-6-18-8-9-22-24(23(18)20)28-25(29-22)19-10-12-26(3,4)13-11-19;1-10-3-6-12(7-4-10)13-8-5-11(2)9-14-13;/h5-6,8-9,14-15,19H,10-13H2,1-4H3;3-6,8-9H,1-2H3;/q2*-1;/i2*1D3,2D3;. The van der Waals surface area contributed by atoms with Gasteiger partial charge in [0.15, 0.2) is 5.89 Å². The summed E-state index contributed by atoms with van der Waals surface area (Å²) in [7, 11) is 0. The van der Waals surface area contributed by atoms with E-state index >= 15 is 0 Å². The van der Waals surface area contributed by atoms with Crippen molar-refractivity contribution in [1.82, 2.24) is 15.0 Å². The van der Waals surface area contributed by atoms with E-state index in [0.717, 1.165) is 48.5 Å². The predicted molar refractivity (Wildman–Crippen MR) is 176 cm³/mol. The van der Waals surface area contributed by atoms with Crippen LogP contribution < -0.4 is 0 Å². The van der Waals surface area contributed by atoms with E-state index in [4.69, 9.17) is 25.9 Å². The van der Waals surface area contributed by atoms with Crippen LogP contribution in [-0.2, 0) is 20.1 Å². The molecule has 1 aliphatic rings. The normalized spacial score (nSPS) is 19.8. The van der Waals surface area contributed by atoms with E-state index in [1.165, 1.54) is 30.5 Å². The number of benzene rings is 3. The monoisotopic (exact) mass is 770 g/mol. The van der Waals surface area contributed by atoms with Crippen molar-refractivity contribution in [1.29, 1.82) is 0 Å². The minimum Gasteiger partial charge on any atom is -0.441 e. The van der Waals surface area contributed by atoms with Crippen LogP contribution in [0.4, 0.5) is 0 Å². The third-order valence-electron chi connectivity index (χ3n) is 8.05. The molecule has 3 aromatic carbocycles. The molecule has 0 unspecified atom stereocenters. The molecule has 7 rings (SSSR count). The van der Waals surface area contributed by atoms with Crippen molar-refractivity contribution in [3.63, 3.8) is 0 Å². The van der Waals surface area contributed by atoms with Crippen LogP contribution in [0.2, 0.25) is 0 Å². The van der Waals surface area contributed by atoms with E-state index in [0.29, 0.717) is 39.0 Å². The first kappa shape index (κ1) is 19.7. The number of aromatic nitrogens is 3. The van der Waals surface area contributed by atoms with E-state index in [2.05, 4.69) is 35.9 Å². The van der Waals surface area contributed by atoms with E-state index < -0.39 is 27.4 Å². The Bertz CT molecular complexity index is 2240. The quantitative estimate of drug-likeness (QED) is 0.168. The first-order valence-electron chi connectivity index (χ1n) is 20.3. The van der Waals surface area contributed by atoms with E-state index in [9.17, 15) is 0 Å². The summed E-state index contributed by atoms with van der Waals surface area (Å²) in [5.41, 5.74) is 3.64. The molecular weight excluding hydrogens is 719 g/mol. The SMILES string of the molecule is [2H]C([2H])([2H])c1c[c-]c(-c2ccc(C([2H])([2H])[2H])cn2)cc1.[2H]C([2H])([2H])c1cnc(-c2[c-]ccc3ccc4oc(C5CCC(C)(C)CC5)nc4c23)cc1C([2H])([2H])[2H].[Ir]. The number of oxazole rings is 1. The molecule has 1 fully saturated rings. The fourth-order valence-corrected chi connectivity index (χ4v) is 5.47. The fraction of sp³-hybridized carbons (Fsp3) is 0.308. The molecule has 3 aromatic heterocycles. The van der Waals surface area contributed by atoms with Crippen molar-refractivity contribution in [3.05, 3.63) is 113 Å². The Labute approximate surface area is 291 Å². The maximum absolute atomic E-state index is 7.91. The Hall–Kier alpha value is -3.66. The second-order valence-electron chi connectivity index (χ2n) is 11.8. The maximum Gasteiger partial charge on any atom is 0.197 e. The molecule has 0 bridgehead atoms. The molecule has 227 valence electrons. The number of fused-ring (bicyclic) bond motifs is 3. The van der Waals surface area contributed by atoms with Gasteiger partial charge < -0.3 is 14.4 Å². The Morgan fingerprint density at radius 1 is 0.841 bits per heavy atom. The maximum atomic E-state index is 7.91. The van der Waals surface area contributed by atoms with Gasteiger partial charge in [0.05, 0.1) is 5.52 Å². The summed E-state index contributed by atoms with van der Waals surface area (Å²) in [5.74, 6) is 0.993. The zero-order valence-electron chi connectivity index (χ0n) is 36.4. The minimum atomic E-state index is -2.60. The van der Waals surface area contributed by atoms with Gasteiger partial charge in [-0.2, -0.15) is 0 Å². The molecule has 0 saturated heterocycles. The summed E-state index contributed by atoms with van der Waals surface area (Å²) in [6.07, 6.45) is 6.73. The summed E-state index contributed by atoms with van der Waals surface area (Å²) in [5, 5.41) is 1.66. The van der Waals surface area contributed by atoms with Crippen molar-refractivity contribution >= 4 is 21.9 Å². The summed E-state index contributed by atoms with van der Waals surface area (Å²) in [4.78, 5) is 13.3. The first-order chi connectivity index (χ1) is 25.5. The summed E-state index contributed by atoms with van der Waals surface area (Å²) in [6, 6.07) is 22.5. The Morgan fingerprint density at radius 2 is 1.64 bits per heavy atom. The first-order valence-corrected chi connectivity index (χ1v) is 14.3. The average Bonchev–Trinajstić information content (AvgIpc) is 3.55. The summed E-state index contributed by atoms with van der Waals surface area (Å²) in [6.45, 7) is -4.93. The van der Waals surface area contributed by atoms with Gasteiger partial charge in [0.1, 0.15) is 5.58 Å². The van der Waals surface area contributed by atoms with Crippen molar-refractivity contribution in [2.75, 3.05) is 0 Å². The topological polar surface area (TPSA) is 51.8 Å². The third-order valence-corrected chi connectivity index (χ3v) is 8.05. The van der Waals surface area contributed by atoms with Gasteiger partial charge in [-0.05, 0) is 80.2 Å². The van der Waals surface area contributed by atoms with E-state index in [-0.39, 0.29) is 48.3 Å². The predicted octanol–water partition coefficient (Wildman–Crippen LogP) is 10.3.